The van der Waals surface area contributed by atoms with Gasteiger partial charge in [0.2, 0.25) is 0 Å². The Kier molecular flexibility index (Phi) is 7.50. The molecule has 0 heterocycles. The number of nitrogens with one attached hydrogen (secondary N) is 1. The second-order valence-electron chi connectivity index (χ2n) is 4.40. The SMILES string of the molecule is C#C[C@@H](CCCCBr)N[S@](=O)C(C)(C)C. The zero-order valence-corrected chi connectivity index (χ0v) is 12.1. The second kappa shape index (κ2) is 7.43. The van der Waals surface area contributed by atoms with Crippen LogP contribution in [0.15, 0.2) is 0 Å². The lowest BCUT2D eigenvalue weighted by atomic mass is 10.1. The molecule has 15 heavy (non-hydrogen) atoms. The fourth-order valence-electron chi connectivity index (χ4n) is 0.925. The molecule has 0 spiro atoms. The van der Waals surface area contributed by atoms with Gasteiger partial charge >= 0.3 is 0 Å². The van der Waals surface area contributed by atoms with E-state index in [9.17, 15) is 4.21 Å². The van der Waals surface area contributed by atoms with Crippen molar-refractivity contribution in [3.05, 3.63) is 0 Å². The third-order valence-electron chi connectivity index (χ3n) is 1.88. The second-order valence-corrected chi connectivity index (χ2v) is 7.19. The first kappa shape index (κ1) is 15.2. The monoisotopic (exact) mass is 293 g/mol. The van der Waals surface area contributed by atoms with Crippen molar-refractivity contribution < 1.29 is 4.21 Å². The van der Waals surface area contributed by atoms with E-state index >= 15 is 0 Å². The van der Waals surface area contributed by atoms with Crippen molar-refractivity contribution in [3.8, 4) is 12.3 Å². The molecule has 0 aromatic rings. The quantitative estimate of drug-likeness (QED) is 0.455. The average molecular weight is 294 g/mol. The lowest BCUT2D eigenvalue weighted by molar-refractivity contribution is 0.597. The van der Waals surface area contributed by atoms with E-state index in [1.807, 2.05) is 20.8 Å². The molecule has 2 atom stereocenters. The lowest BCUT2D eigenvalue weighted by Crippen LogP contribution is -2.39. The minimum atomic E-state index is -1.08. The zero-order chi connectivity index (χ0) is 11.9. The molecule has 0 fully saturated rings. The van der Waals surface area contributed by atoms with Crippen molar-refractivity contribution in [1.82, 2.24) is 4.72 Å². The zero-order valence-electron chi connectivity index (χ0n) is 9.68. The highest BCUT2D eigenvalue weighted by Crippen LogP contribution is 2.11. The molecular formula is C11H20BrNOS. The molecule has 0 saturated heterocycles. The number of alkyl halides is 1. The van der Waals surface area contributed by atoms with Gasteiger partial charge in [0, 0.05) is 5.33 Å². The fourth-order valence-corrected chi connectivity index (χ4v) is 2.12. The Morgan fingerprint density at radius 2 is 2.07 bits per heavy atom. The van der Waals surface area contributed by atoms with Crippen LogP contribution < -0.4 is 4.72 Å². The molecule has 0 bridgehead atoms. The van der Waals surface area contributed by atoms with Crippen LogP contribution in [0.5, 0.6) is 0 Å². The van der Waals surface area contributed by atoms with Crippen LogP contribution in [0.25, 0.3) is 0 Å². The maximum atomic E-state index is 11.8. The van der Waals surface area contributed by atoms with Crippen molar-refractivity contribution in [2.45, 2.75) is 50.8 Å². The van der Waals surface area contributed by atoms with Crippen LogP contribution in [0.2, 0.25) is 0 Å². The molecule has 0 unspecified atom stereocenters. The number of halogens is 1. The van der Waals surface area contributed by atoms with Gasteiger partial charge in [0.05, 0.1) is 21.8 Å². The van der Waals surface area contributed by atoms with Gasteiger partial charge < -0.3 is 0 Å². The summed E-state index contributed by atoms with van der Waals surface area (Å²) in [6.45, 7) is 5.80. The summed E-state index contributed by atoms with van der Waals surface area (Å²) in [6, 6.07) is -0.0795. The molecular weight excluding hydrogens is 274 g/mol. The Morgan fingerprint density at radius 3 is 2.47 bits per heavy atom. The summed E-state index contributed by atoms with van der Waals surface area (Å²) in [5.41, 5.74) is 0. The summed E-state index contributed by atoms with van der Waals surface area (Å²) >= 11 is 3.37. The van der Waals surface area contributed by atoms with Crippen molar-refractivity contribution in [2.75, 3.05) is 5.33 Å². The Bertz CT molecular complexity index is 242. The van der Waals surface area contributed by atoms with Gasteiger partial charge in [0.1, 0.15) is 0 Å². The van der Waals surface area contributed by atoms with Gasteiger partial charge in [-0.2, -0.15) is 0 Å². The van der Waals surface area contributed by atoms with E-state index in [0.29, 0.717) is 0 Å². The van der Waals surface area contributed by atoms with Crippen LogP contribution in [-0.2, 0) is 11.0 Å². The van der Waals surface area contributed by atoms with Gasteiger partial charge in [0.25, 0.3) is 0 Å². The number of hydrogen-bond donors (Lipinski definition) is 1. The molecule has 88 valence electrons. The third kappa shape index (κ3) is 7.10. The smallest absolute Gasteiger partial charge is 0.0981 e. The van der Waals surface area contributed by atoms with Crippen LogP contribution in [0.4, 0.5) is 0 Å². The molecule has 0 radical (unpaired) electrons. The average Bonchev–Trinajstić information content (AvgIpc) is 2.14. The van der Waals surface area contributed by atoms with Crippen molar-refractivity contribution in [2.24, 2.45) is 0 Å². The Labute approximate surface area is 104 Å². The van der Waals surface area contributed by atoms with Crippen molar-refractivity contribution in [3.63, 3.8) is 0 Å². The Morgan fingerprint density at radius 1 is 1.47 bits per heavy atom. The number of hydrogen-bond acceptors (Lipinski definition) is 1. The summed E-state index contributed by atoms with van der Waals surface area (Å²) in [6.07, 6.45) is 8.42. The molecule has 0 aliphatic heterocycles. The molecule has 0 aromatic carbocycles. The fraction of sp³-hybridized carbons (Fsp3) is 0.818. The first-order valence-electron chi connectivity index (χ1n) is 5.12. The number of rotatable bonds is 6. The Balaban J connectivity index is 4.01. The van der Waals surface area contributed by atoms with E-state index in [0.717, 1.165) is 24.6 Å². The van der Waals surface area contributed by atoms with Crippen LogP contribution in [0.3, 0.4) is 0 Å². The molecule has 0 amide bonds. The Hall–Kier alpha value is 0.150. The summed E-state index contributed by atoms with van der Waals surface area (Å²) in [5.74, 6) is 2.64. The molecule has 0 aliphatic rings. The highest BCUT2D eigenvalue weighted by atomic mass is 79.9. The van der Waals surface area contributed by atoms with E-state index < -0.39 is 11.0 Å². The maximum absolute atomic E-state index is 11.8. The topological polar surface area (TPSA) is 29.1 Å². The van der Waals surface area contributed by atoms with Crippen LogP contribution in [0, 0.1) is 12.3 Å². The minimum absolute atomic E-state index is 0.0795. The number of unbranched alkanes of at least 4 members (excludes halogenated alkanes) is 1. The van der Waals surface area contributed by atoms with Crippen LogP contribution in [0.1, 0.15) is 40.0 Å². The van der Waals surface area contributed by atoms with Gasteiger partial charge in [-0.15, -0.1) is 6.42 Å². The van der Waals surface area contributed by atoms with Gasteiger partial charge in [-0.1, -0.05) is 28.3 Å². The van der Waals surface area contributed by atoms with Crippen molar-refractivity contribution >= 4 is 26.9 Å². The molecule has 4 heteroatoms. The van der Waals surface area contributed by atoms with Gasteiger partial charge in [0.15, 0.2) is 0 Å². The summed E-state index contributed by atoms with van der Waals surface area (Å²) in [5, 5.41) is 0.993. The first-order chi connectivity index (χ1) is 6.91. The largest absolute Gasteiger partial charge is 0.242 e. The van der Waals surface area contributed by atoms with Gasteiger partial charge in [-0.3, -0.25) is 0 Å². The van der Waals surface area contributed by atoms with Crippen LogP contribution in [-0.4, -0.2) is 20.3 Å². The first-order valence-corrected chi connectivity index (χ1v) is 7.39. The van der Waals surface area contributed by atoms with E-state index in [1.54, 1.807) is 0 Å². The van der Waals surface area contributed by atoms with E-state index in [1.165, 1.54) is 0 Å². The highest BCUT2D eigenvalue weighted by molar-refractivity contribution is 9.09. The summed E-state index contributed by atoms with van der Waals surface area (Å²) in [7, 11) is -1.08. The van der Waals surface area contributed by atoms with Gasteiger partial charge in [-0.25, -0.2) is 8.93 Å². The molecule has 0 rings (SSSR count). The molecule has 2 nitrogen and oxygen atoms in total. The molecule has 0 aromatic heterocycles. The molecule has 0 aliphatic carbocycles. The minimum Gasteiger partial charge on any atom is -0.242 e. The maximum Gasteiger partial charge on any atom is 0.0981 e. The lowest BCUT2D eigenvalue weighted by Gasteiger charge is -2.21. The summed E-state index contributed by atoms with van der Waals surface area (Å²) in [4.78, 5) is 0. The van der Waals surface area contributed by atoms with Crippen LogP contribution >= 0.6 is 15.9 Å². The molecule has 0 saturated carbocycles. The van der Waals surface area contributed by atoms with E-state index in [4.69, 9.17) is 6.42 Å². The van der Waals surface area contributed by atoms with E-state index in [-0.39, 0.29) is 10.8 Å². The predicted octanol–water partition coefficient (Wildman–Crippen LogP) is 2.61. The summed E-state index contributed by atoms with van der Waals surface area (Å²) < 4.78 is 14.5. The predicted molar refractivity (Wildman–Crippen MR) is 71.3 cm³/mol. The number of terminal acetylenes is 1. The van der Waals surface area contributed by atoms with Crippen molar-refractivity contribution in [1.29, 1.82) is 0 Å². The highest BCUT2D eigenvalue weighted by Gasteiger charge is 2.21. The normalized spacial score (nSPS) is 15.7. The third-order valence-corrected chi connectivity index (χ3v) is 4.05. The standard InChI is InChI=1S/C11H20BrNOS/c1-5-10(8-6-7-9-12)13-15(14)11(2,3)4/h1,10,13H,6-9H2,2-4H3/t10-,15+/m0/s1. The van der Waals surface area contributed by atoms with Gasteiger partial charge in [-0.05, 0) is 33.6 Å². The molecule has 1 N–H and O–H groups in total. The van der Waals surface area contributed by atoms with E-state index in [2.05, 4.69) is 26.6 Å².